The van der Waals surface area contributed by atoms with Crippen LogP contribution in [0.4, 0.5) is 30.2 Å². The summed E-state index contributed by atoms with van der Waals surface area (Å²) in [5.41, 5.74) is 2.20. The third kappa shape index (κ3) is 3.53. The van der Waals surface area contributed by atoms with Crippen LogP contribution in [0.25, 0.3) is 0 Å². The van der Waals surface area contributed by atoms with E-state index in [4.69, 9.17) is 0 Å². The maximum Gasteiger partial charge on any atom is 0.418 e. The van der Waals surface area contributed by atoms with E-state index in [2.05, 4.69) is 5.32 Å². The van der Waals surface area contributed by atoms with E-state index in [1.54, 1.807) is 36.2 Å². The minimum absolute atomic E-state index is 0.0354. The zero-order valence-electron chi connectivity index (χ0n) is 15.6. The lowest BCUT2D eigenvalue weighted by Gasteiger charge is -2.31. The van der Waals surface area contributed by atoms with Gasteiger partial charge in [0.1, 0.15) is 0 Å². The van der Waals surface area contributed by atoms with Crippen molar-refractivity contribution in [2.45, 2.75) is 32.0 Å². The van der Waals surface area contributed by atoms with Gasteiger partial charge in [-0.2, -0.15) is 13.2 Å². The Bertz CT molecular complexity index is 904. The highest BCUT2D eigenvalue weighted by atomic mass is 19.4. The summed E-state index contributed by atoms with van der Waals surface area (Å²) in [7, 11) is 1.73. The minimum Gasteiger partial charge on any atom is -0.371 e. The van der Waals surface area contributed by atoms with Gasteiger partial charge in [0.15, 0.2) is 0 Å². The highest BCUT2D eigenvalue weighted by Gasteiger charge is 2.35. The maximum atomic E-state index is 13.7. The molecule has 148 valence electrons. The molecule has 2 heterocycles. The number of rotatable bonds is 3. The Labute approximate surface area is 161 Å². The number of amides is 1. The Kier molecular flexibility index (Phi) is 4.69. The summed E-state index contributed by atoms with van der Waals surface area (Å²) in [5.74, 6) is -0.0354. The molecule has 0 radical (unpaired) electrons. The van der Waals surface area contributed by atoms with Crippen molar-refractivity contribution in [2.75, 3.05) is 30.4 Å². The number of hydrogen-bond acceptors (Lipinski definition) is 3. The molecule has 7 heteroatoms. The van der Waals surface area contributed by atoms with Gasteiger partial charge in [-0.1, -0.05) is 0 Å². The molecule has 0 bridgehead atoms. The normalized spacial score (nSPS) is 17.1. The van der Waals surface area contributed by atoms with Crippen LogP contribution < -0.4 is 10.2 Å². The van der Waals surface area contributed by atoms with Gasteiger partial charge in [-0.15, -0.1) is 0 Å². The fourth-order valence-corrected chi connectivity index (χ4v) is 3.96. The van der Waals surface area contributed by atoms with Crippen LogP contribution in [-0.4, -0.2) is 30.9 Å². The van der Waals surface area contributed by atoms with Crippen LogP contribution >= 0.6 is 0 Å². The summed E-state index contributed by atoms with van der Waals surface area (Å²) in [4.78, 5) is 15.4. The molecule has 0 saturated carbocycles. The second-order valence-electron chi connectivity index (χ2n) is 7.44. The molecule has 0 spiro atoms. The van der Waals surface area contributed by atoms with Crippen LogP contribution in [0, 0.1) is 0 Å². The van der Waals surface area contributed by atoms with Crippen molar-refractivity contribution in [3.8, 4) is 0 Å². The minimum atomic E-state index is -4.42. The van der Waals surface area contributed by atoms with E-state index >= 15 is 0 Å². The first-order chi connectivity index (χ1) is 13.3. The molecule has 0 unspecified atom stereocenters. The molecule has 1 saturated heterocycles. The molecular formula is C21H22F3N3O. The molecule has 1 fully saturated rings. The number of nitrogens with zero attached hydrogens (tertiary/aromatic N) is 2. The summed E-state index contributed by atoms with van der Waals surface area (Å²) in [6.07, 6.45) is -1.52. The van der Waals surface area contributed by atoms with Crippen molar-refractivity contribution in [1.82, 2.24) is 4.90 Å². The molecule has 2 aromatic rings. The second kappa shape index (κ2) is 7.04. The molecule has 4 nitrogen and oxygen atoms in total. The van der Waals surface area contributed by atoms with Crippen molar-refractivity contribution in [3.05, 3.63) is 53.1 Å². The maximum absolute atomic E-state index is 13.7. The Hall–Kier alpha value is -2.70. The number of carbonyl (C=O) groups excluding carboxylic acids is 1. The molecule has 0 atom stereocenters. The number of fused-ring (bicyclic) bond motifs is 1. The number of piperidine rings is 1. The van der Waals surface area contributed by atoms with Crippen molar-refractivity contribution in [2.24, 2.45) is 0 Å². The Morgan fingerprint density at radius 1 is 0.964 bits per heavy atom. The van der Waals surface area contributed by atoms with Gasteiger partial charge in [-0.25, -0.2) is 0 Å². The van der Waals surface area contributed by atoms with Crippen LogP contribution in [0.1, 0.15) is 40.7 Å². The van der Waals surface area contributed by atoms with Gasteiger partial charge in [-0.3, -0.25) is 4.79 Å². The summed E-state index contributed by atoms with van der Waals surface area (Å²) in [6.45, 7) is 1.82. The Morgan fingerprint density at radius 2 is 1.64 bits per heavy atom. The molecule has 1 N–H and O–H groups in total. The van der Waals surface area contributed by atoms with Gasteiger partial charge >= 0.3 is 6.18 Å². The highest BCUT2D eigenvalue weighted by Crippen LogP contribution is 2.39. The first kappa shape index (κ1) is 18.7. The number of hydrogen-bond donors (Lipinski definition) is 1. The van der Waals surface area contributed by atoms with Gasteiger partial charge in [-0.05, 0) is 61.2 Å². The predicted octanol–water partition coefficient (Wildman–Crippen LogP) is 5.02. The first-order valence-electron chi connectivity index (χ1n) is 9.44. The average molecular weight is 389 g/mol. The highest BCUT2D eigenvalue weighted by molar-refractivity contribution is 5.98. The van der Waals surface area contributed by atoms with Crippen molar-refractivity contribution >= 4 is 23.0 Å². The second-order valence-corrected chi connectivity index (χ2v) is 7.44. The smallest absolute Gasteiger partial charge is 0.371 e. The topological polar surface area (TPSA) is 35.6 Å². The summed E-state index contributed by atoms with van der Waals surface area (Å²) in [6, 6.07) is 9.68. The molecule has 28 heavy (non-hydrogen) atoms. The average Bonchev–Trinajstić information content (AvgIpc) is 2.95. The van der Waals surface area contributed by atoms with Gasteiger partial charge < -0.3 is 15.1 Å². The largest absolute Gasteiger partial charge is 0.418 e. The fourth-order valence-electron chi connectivity index (χ4n) is 3.96. The van der Waals surface area contributed by atoms with Crippen LogP contribution in [0.3, 0.4) is 0 Å². The van der Waals surface area contributed by atoms with E-state index in [1.807, 2.05) is 11.0 Å². The SMILES string of the molecule is CN1Cc2cc(Nc3ccc(N4CCCCC4)c(C(F)(F)F)c3)ccc2C1=O. The molecular weight excluding hydrogens is 367 g/mol. The molecule has 2 aliphatic heterocycles. The van der Waals surface area contributed by atoms with Crippen molar-refractivity contribution < 1.29 is 18.0 Å². The molecule has 2 aliphatic rings. The van der Waals surface area contributed by atoms with E-state index in [1.165, 1.54) is 6.07 Å². The number of nitrogens with one attached hydrogen (secondary N) is 1. The zero-order valence-corrected chi connectivity index (χ0v) is 15.6. The third-order valence-corrected chi connectivity index (χ3v) is 5.38. The van der Waals surface area contributed by atoms with Crippen LogP contribution in [0.5, 0.6) is 0 Å². The van der Waals surface area contributed by atoms with E-state index in [9.17, 15) is 18.0 Å². The summed E-state index contributed by atoms with van der Waals surface area (Å²) < 4.78 is 41.1. The number of carbonyl (C=O) groups is 1. The molecule has 2 aromatic carbocycles. The monoisotopic (exact) mass is 389 g/mol. The standard InChI is InChI=1S/C21H22F3N3O/c1-26-13-14-11-15(5-7-17(14)20(26)28)25-16-6-8-19(18(12-16)21(22,23)24)27-9-3-2-4-10-27/h5-8,11-12,25H,2-4,9-10,13H2,1H3. The predicted molar refractivity (Wildman–Crippen MR) is 103 cm³/mol. The van der Waals surface area contributed by atoms with E-state index in [0.29, 0.717) is 36.6 Å². The lowest BCUT2D eigenvalue weighted by molar-refractivity contribution is -0.137. The number of alkyl halides is 3. The number of benzene rings is 2. The zero-order chi connectivity index (χ0) is 19.9. The van der Waals surface area contributed by atoms with Crippen LogP contribution in [0.2, 0.25) is 0 Å². The Balaban J connectivity index is 1.62. The van der Waals surface area contributed by atoms with E-state index in [0.717, 1.165) is 24.8 Å². The van der Waals surface area contributed by atoms with Gasteiger partial charge in [0.05, 0.1) is 5.56 Å². The third-order valence-electron chi connectivity index (χ3n) is 5.38. The molecule has 0 aliphatic carbocycles. The molecule has 4 rings (SSSR count). The molecule has 1 amide bonds. The fraction of sp³-hybridized carbons (Fsp3) is 0.381. The number of halogens is 3. The van der Waals surface area contributed by atoms with E-state index in [-0.39, 0.29) is 11.6 Å². The van der Waals surface area contributed by atoms with Gasteiger partial charge in [0.2, 0.25) is 0 Å². The molecule has 0 aromatic heterocycles. The van der Waals surface area contributed by atoms with Crippen LogP contribution in [0.15, 0.2) is 36.4 Å². The van der Waals surface area contributed by atoms with Gasteiger partial charge in [0.25, 0.3) is 5.91 Å². The van der Waals surface area contributed by atoms with Crippen molar-refractivity contribution in [1.29, 1.82) is 0 Å². The summed E-state index contributed by atoms with van der Waals surface area (Å²) >= 11 is 0. The van der Waals surface area contributed by atoms with Crippen molar-refractivity contribution in [3.63, 3.8) is 0 Å². The van der Waals surface area contributed by atoms with E-state index < -0.39 is 11.7 Å². The Morgan fingerprint density at radius 3 is 2.36 bits per heavy atom. The summed E-state index contributed by atoms with van der Waals surface area (Å²) in [5, 5.41) is 3.06. The lowest BCUT2D eigenvalue weighted by atomic mass is 10.1. The lowest BCUT2D eigenvalue weighted by Crippen LogP contribution is -2.31. The first-order valence-corrected chi connectivity index (χ1v) is 9.44. The quantitative estimate of drug-likeness (QED) is 0.800. The number of anilines is 3. The van der Waals surface area contributed by atoms with Crippen LogP contribution in [-0.2, 0) is 12.7 Å². The van der Waals surface area contributed by atoms with Gasteiger partial charge in [0, 0.05) is 49.3 Å².